The topological polar surface area (TPSA) is 29.3 Å². The number of halogens is 4. The predicted molar refractivity (Wildman–Crippen MR) is 87.6 cm³/mol. The molecule has 0 unspecified atom stereocenters. The molecule has 2 atom stereocenters. The third-order valence-corrected chi connectivity index (χ3v) is 4.39. The lowest BCUT2D eigenvalue weighted by atomic mass is 10.1. The van der Waals surface area contributed by atoms with Crippen LogP contribution in [0, 0.1) is 0 Å². The van der Waals surface area contributed by atoms with E-state index in [0.717, 1.165) is 4.90 Å². The lowest BCUT2D eigenvalue weighted by Crippen LogP contribution is -2.23. The van der Waals surface area contributed by atoms with Crippen molar-refractivity contribution >= 4 is 27.4 Å². The Balaban J connectivity index is 1.91. The van der Waals surface area contributed by atoms with Crippen LogP contribution in [0.5, 0.6) is 5.75 Å². The van der Waals surface area contributed by atoms with Crippen LogP contribution in [0.2, 0.25) is 0 Å². The average molecular weight is 400 g/mol. The number of alkyl halides is 3. The lowest BCUT2D eigenvalue weighted by molar-refractivity contribution is -0.127. The lowest BCUT2D eigenvalue weighted by Gasteiger charge is -2.09. The Morgan fingerprint density at radius 2 is 1.83 bits per heavy atom. The second-order valence-corrected chi connectivity index (χ2v) is 6.33. The number of nitrogens with zero attached hydrogens (tertiary/aromatic N) is 1. The largest absolute Gasteiger partial charge is 0.497 e. The molecule has 1 saturated heterocycles. The van der Waals surface area contributed by atoms with E-state index in [1.807, 2.05) is 0 Å². The molecule has 24 heavy (non-hydrogen) atoms. The minimum absolute atomic E-state index is 0.250. The second-order valence-electron chi connectivity index (χ2n) is 5.41. The minimum Gasteiger partial charge on any atom is -0.497 e. The Bertz CT molecular complexity index is 761. The third-order valence-electron chi connectivity index (χ3n) is 3.89. The number of ketones is 1. The molecule has 0 spiro atoms. The number of ether oxygens (including phenoxy) is 1. The van der Waals surface area contributed by atoms with Gasteiger partial charge in [-0.2, -0.15) is 13.2 Å². The van der Waals surface area contributed by atoms with Crippen LogP contribution < -0.4 is 9.64 Å². The number of anilines is 1. The molecule has 1 aliphatic heterocycles. The maximum absolute atomic E-state index is 13.3. The van der Waals surface area contributed by atoms with Crippen LogP contribution in [-0.4, -0.2) is 31.2 Å². The fourth-order valence-electron chi connectivity index (χ4n) is 2.73. The van der Waals surface area contributed by atoms with Gasteiger partial charge in [0, 0.05) is 15.7 Å². The van der Waals surface area contributed by atoms with Crippen molar-refractivity contribution < 1.29 is 22.7 Å². The monoisotopic (exact) mass is 399 g/mol. The summed E-state index contributed by atoms with van der Waals surface area (Å²) in [5, 5.41) is 0. The molecule has 2 aromatic carbocycles. The van der Waals surface area contributed by atoms with Gasteiger partial charge in [0.2, 0.25) is 0 Å². The highest BCUT2D eigenvalue weighted by Gasteiger charge is 2.66. The highest BCUT2D eigenvalue weighted by atomic mass is 79.9. The van der Waals surface area contributed by atoms with Crippen molar-refractivity contribution in [2.45, 2.75) is 18.3 Å². The molecule has 0 bridgehead atoms. The Morgan fingerprint density at radius 1 is 1.17 bits per heavy atom. The first kappa shape index (κ1) is 16.8. The standard InChI is InChI=1S/C17H13BrF3NO2/c1-24-13-7-5-12(6-8-13)22-14(16(22)17(19,20)21)15(23)10-3-2-4-11(18)9-10/h2-9,14,16H,1H3/t14-,16-,22?/m1/s1. The summed E-state index contributed by atoms with van der Waals surface area (Å²) in [5.41, 5.74) is 0.589. The van der Waals surface area contributed by atoms with Crippen molar-refractivity contribution in [3.8, 4) is 5.75 Å². The summed E-state index contributed by atoms with van der Waals surface area (Å²) in [6, 6.07) is 9.52. The maximum atomic E-state index is 13.3. The highest BCUT2D eigenvalue weighted by Crippen LogP contribution is 2.46. The van der Waals surface area contributed by atoms with Gasteiger partial charge >= 0.3 is 6.18 Å². The fraction of sp³-hybridized carbons (Fsp3) is 0.235. The zero-order chi connectivity index (χ0) is 17.5. The Kier molecular flexibility index (Phi) is 4.29. The number of hydrogen-bond acceptors (Lipinski definition) is 3. The maximum Gasteiger partial charge on any atom is 0.411 e. The van der Waals surface area contributed by atoms with Gasteiger partial charge < -0.3 is 9.64 Å². The van der Waals surface area contributed by atoms with E-state index in [9.17, 15) is 18.0 Å². The first-order chi connectivity index (χ1) is 11.3. The van der Waals surface area contributed by atoms with Gasteiger partial charge in [0.25, 0.3) is 0 Å². The van der Waals surface area contributed by atoms with E-state index in [1.165, 1.54) is 31.4 Å². The van der Waals surface area contributed by atoms with Crippen molar-refractivity contribution in [3.05, 3.63) is 58.6 Å². The van der Waals surface area contributed by atoms with Gasteiger partial charge in [0.1, 0.15) is 11.8 Å². The van der Waals surface area contributed by atoms with Crippen molar-refractivity contribution in [1.82, 2.24) is 0 Å². The molecule has 1 heterocycles. The van der Waals surface area contributed by atoms with Gasteiger partial charge in [-0.3, -0.25) is 4.79 Å². The first-order valence-electron chi connectivity index (χ1n) is 7.12. The number of Topliss-reactive ketones (excluding diaryl/α,β-unsaturated/α-hetero) is 1. The van der Waals surface area contributed by atoms with Crippen LogP contribution in [-0.2, 0) is 0 Å². The van der Waals surface area contributed by atoms with E-state index in [1.54, 1.807) is 24.3 Å². The molecule has 1 aliphatic rings. The van der Waals surface area contributed by atoms with E-state index in [2.05, 4.69) is 15.9 Å². The predicted octanol–water partition coefficient (Wildman–Crippen LogP) is 4.46. The number of benzene rings is 2. The van der Waals surface area contributed by atoms with Gasteiger partial charge in [-0.15, -0.1) is 0 Å². The molecule has 0 amide bonds. The van der Waals surface area contributed by atoms with Crippen molar-refractivity contribution in [3.63, 3.8) is 0 Å². The summed E-state index contributed by atoms with van der Waals surface area (Å²) >= 11 is 3.23. The molecule has 0 aromatic heterocycles. The Labute approximate surface area is 145 Å². The molecule has 126 valence electrons. The molecule has 7 heteroatoms. The van der Waals surface area contributed by atoms with Crippen molar-refractivity contribution in [2.75, 3.05) is 12.0 Å². The molecule has 3 nitrogen and oxygen atoms in total. The molecule has 1 fully saturated rings. The van der Waals surface area contributed by atoms with E-state index < -0.39 is 24.0 Å². The van der Waals surface area contributed by atoms with Gasteiger partial charge in [-0.1, -0.05) is 28.1 Å². The first-order valence-corrected chi connectivity index (χ1v) is 7.91. The van der Waals surface area contributed by atoms with Crippen molar-refractivity contribution in [1.29, 1.82) is 0 Å². The summed E-state index contributed by atoms with van der Waals surface area (Å²) in [5.74, 6) is -0.00605. The molecular formula is C17H13BrF3NO2. The number of carbonyl (C=O) groups excluding carboxylic acids is 1. The van der Waals surface area contributed by atoms with Gasteiger partial charge in [-0.05, 0) is 36.4 Å². The van der Waals surface area contributed by atoms with Crippen LogP contribution >= 0.6 is 15.9 Å². The van der Waals surface area contributed by atoms with E-state index in [4.69, 9.17) is 4.74 Å². The minimum atomic E-state index is -4.48. The highest BCUT2D eigenvalue weighted by molar-refractivity contribution is 9.10. The van der Waals surface area contributed by atoms with Crippen LogP contribution in [0.25, 0.3) is 0 Å². The van der Waals surface area contributed by atoms with Crippen LogP contribution in [0.15, 0.2) is 53.0 Å². The number of hydrogen-bond donors (Lipinski definition) is 0. The quantitative estimate of drug-likeness (QED) is 0.561. The summed E-state index contributed by atoms with van der Waals surface area (Å²) in [4.78, 5) is 13.6. The molecule has 0 N–H and O–H groups in total. The summed E-state index contributed by atoms with van der Waals surface area (Å²) < 4.78 is 45.6. The molecule has 3 rings (SSSR count). The Hall–Kier alpha value is -2.02. The second kappa shape index (κ2) is 6.12. The van der Waals surface area contributed by atoms with Crippen LogP contribution in [0.4, 0.5) is 18.9 Å². The normalized spacial score (nSPS) is 20.0. The number of methoxy groups -OCH3 is 1. The summed E-state index contributed by atoms with van der Waals surface area (Å²) in [6.07, 6.45) is -4.48. The van der Waals surface area contributed by atoms with Gasteiger partial charge in [0.15, 0.2) is 11.8 Å². The fourth-order valence-corrected chi connectivity index (χ4v) is 3.12. The summed E-state index contributed by atoms with van der Waals surface area (Å²) in [7, 11) is 1.48. The summed E-state index contributed by atoms with van der Waals surface area (Å²) in [6.45, 7) is 0. The SMILES string of the molecule is COc1ccc(N2[C@H](C(=O)c3cccc(Br)c3)[C@@H]2C(F)(F)F)cc1. The number of carbonyl (C=O) groups is 1. The zero-order valence-corrected chi connectivity index (χ0v) is 14.1. The van der Waals surface area contributed by atoms with Gasteiger partial charge in [-0.25, -0.2) is 0 Å². The smallest absolute Gasteiger partial charge is 0.411 e. The zero-order valence-electron chi connectivity index (χ0n) is 12.5. The molecule has 2 aromatic rings. The molecular weight excluding hydrogens is 387 g/mol. The molecule has 0 aliphatic carbocycles. The van der Waals surface area contributed by atoms with Crippen LogP contribution in [0.3, 0.4) is 0 Å². The van der Waals surface area contributed by atoms with E-state index >= 15 is 0 Å². The van der Waals surface area contributed by atoms with Gasteiger partial charge in [0.05, 0.1) is 7.11 Å². The third kappa shape index (κ3) is 3.13. The van der Waals surface area contributed by atoms with E-state index in [0.29, 0.717) is 15.9 Å². The van der Waals surface area contributed by atoms with Crippen molar-refractivity contribution in [2.24, 2.45) is 0 Å². The molecule has 0 radical (unpaired) electrons. The average Bonchev–Trinajstić information content (AvgIpc) is 3.30. The number of rotatable bonds is 4. The van der Waals surface area contributed by atoms with E-state index in [-0.39, 0.29) is 5.56 Å². The Morgan fingerprint density at radius 3 is 2.38 bits per heavy atom. The van der Waals surface area contributed by atoms with Crippen LogP contribution in [0.1, 0.15) is 10.4 Å². The molecule has 0 saturated carbocycles.